The molecular formula is C43H42N4OPd. The van der Waals surface area contributed by atoms with E-state index in [0.29, 0.717) is 11.5 Å². The van der Waals surface area contributed by atoms with E-state index in [4.69, 9.17) is 14.8 Å². The van der Waals surface area contributed by atoms with Crippen LogP contribution in [-0.4, -0.2) is 19.3 Å². The Morgan fingerprint density at radius 1 is 0.776 bits per heavy atom. The SMILES string of the molecule is CCCc1ccnc(-n2c3[c-]c(Oc4[c-]c(-n5nc(C)c(-c6c(C)cccc6C)c5C)cc(C(C)(C)C)c4)ccc3c3ccccc32)c1.[Pd+2]. The monoisotopic (exact) mass is 736 g/mol. The summed E-state index contributed by atoms with van der Waals surface area (Å²) >= 11 is 0. The Balaban J connectivity index is 0.00000417. The number of ether oxygens (including phenoxy) is 1. The smallest absolute Gasteiger partial charge is 0.509 e. The van der Waals surface area contributed by atoms with Crippen LogP contribution >= 0.6 is 0 Å². The van der Waals surface area contributed by atoms with Crippen LogP contribution in [-0.2, 0) is 32.3 Å². The van der Waals surface area contributed by atoms with E-state index in [0.717, 1.165) is 63.1 Å². The summed E-state index contributed by atoms with van der Waals surface area (Å²) in [5.41, 5.74) is 12.1. The molecule has 7 rings (SSSR count). The van der Waals surface area contributed by atoms with Crippen molar-refractivity contribution in [3.63, 3.8) is 0 Å². The minimum atomic E-state index is -0.122. The molecule has 0 aliphatic rings. The zero-order valence-corrected chi connectivity index (χ0v) is 31.1. The van der Waals surface area contributed by atoms with Crippen LogP contribution in [0.1, 0.15) is 67.8 Å². The second kappa shape index (κ2) is 13.4. The zero-order valence-electron chi connectivity index (χ0n) is 29.5. The minimum Gasteiger partial charge on any atom is -0.509 e. The van der Waals surface area contributed by atoms with Crippen LogP contribution < -0.4 is 4.74 Å². The predicted octanol–water partition coefficient (Wildman–Crippen LogP) is 10.9. The predicted molar refractivity (Wildman–Crippen MR) is 197 cm³/mol. The number of pyridine rings is 1. The Kier molecular flexibility index (Phi) is 9.42. The van der Waals surface area contributed by atoms with Crippen molar-refractivity contribution in [3.05, 3.63) is 131 Å². The van der Waals surface area contributed by atoms with Gasteiger partial charge >= 0.3 is 20.4 Å². The molecule has 0 spiro atoms. The van der Waals surface area contributed by atoms with Crippen molar-refractivity contribution in [2.24, 2.45) is 0 Å². The molecule has 250 valence electrons. The van der Waals surface area contributed by atoms with E-state index in [1.165, 1.54) is 27.8 Å². The van der Waals surface area contributed by atoms with Crippen molar-refractivity contribution in [1.29, 1.82) is 0 Å². The molecule has 0 fully saturated rings. The topological polar surface area (TPSA) is 44.9 Å². The van der Waals surface area contributed by atoms with Crippen LogP contribution in [0.2, 0.25) is 0 Å². The summed E-state index contributed by atoms with van der Waals surface area (Å²) in [6.07, 6.45) is 3.99. The Labute approximate surface area is 303 Å². The van der Waals surface area contributed by atoms with E-state index >= 15 is 0 Å². The molecule has 0 aliphatic heterocycles. The van der Waals surface area contributed by atoms with Gasteiger partial charge in [0.05, 0.1) is 5.69 Å². The molecule has 4 aromatic carbocycles. The third-order valence-corrected chi connectivity index (χ3v) is 9.30. The van der Waals surface area contributed by atoms with Crippen molar-refractivity contribution in [1.82, 2.24) is 19.3 Å². The van der Waals surface area contributed by atoms with Gasteiger partial charge in [-0.2, -0.15) is 11.2 Å². The molecule has 0 saturated carbocycles. The third kappa shape index (κ3) is 6.36. The molecule has 0 unspecified atom stereocenters. The van der Waals surface area contributed by atoms with Gasteiger partial charge < -0.3 is 9.30 Å². The number of aryl methyl sites for hydroxylation is 4. The van der Waals surface area contributed by atoms with Crippen LogP contribution in [0.5, 0.6) is 11.5 Å². The summed E-state index contributed by atoms with van der Waals surface area (Å²) < 4.78 is 10.9. The normalized spacial score (nSPS) is 11.7. The number of para-hydroxylation sites is 1. The standard InChI is InChI=1S/C43H42N4O.Pd/c1-9-13-31-20-21-44-40(22-31)46-38-17-11-10-16-36(38)37-19-18-34(26-39(37)46)48-35-24-32(43(6,7)8)23-33(25-35)47-30(5)42(29(4)45-47)41-27(2)14-12-15-28(41)3;/h10-12,14-24H,9,13H2,1-8H3;/q-2;+2. The molecule has 0 saturated heterocycles. The van der Waals surface area contributed by atoms with Crippen LogP contribution in [0.25, 0.3) is 44.4 Å². The number of fused-ring (bicyclic) bond motifs is 3. The van der Waals surface area contributed by atoms with Gasteiger partial charge in [0.25, 0.3) is 0 Å². The van der Waals surface area contributed by atoms with E-state index < -0.39 is 0 Å². The molecule has 6 heteroatoms. The maximum atomic E-state index is 6.65. The van der Waals surface area contributed by atoms with Crippen molar-refractivity contribution in [2.45, 2.75) is 73.6 Å². The number of nitrogens with zero attached hydrogens (tertiary/aromatic N) is 4. The molecule has 49 heavy (non-hydrogen) atoms. The van der Waals surface area contributed by atoms with E-state index in [1.807, 2.05) is 16.9 Å². The maximum Gasteiger partial charge on any atom is 2.00 e. The van der Waals surface area contributed by atoms with Gasteiger partial charge in [-0.1, -0.05) is 76.0 Å². The van der Waals surface area contributed by atoms with E-state index in [1.54, 1.807) is 0 Å². The quantitative estimate of drug-likeness (QED) is 0.121. The first-order valence-electron chi connectivity index (χ1n) is 16.8. The fraction of sp³-hybridized carbons (Fsp3) is 0.256. The number of hydrogen-bond donors (Lipinski definition) is 0. The fourth-order valence-electron chi connectivity index (χ4n) is 6.90. The van der Waals surface area contributed by atoms with Crippen molar-refractivity contribution in [3.8, 4) is 34.1 Å². The van der Waals surface area contributed by atoms with Crippen LogP contribution in [0.3, 0.4) is 0 Å². The Hall–Kier alpha value is -4.50. The second-order valence-electron chi connectivity index (χ2n) is 13.9. The van der Waals surface area contributed by atoms with Crippen molar-refractivity contribution >= 4 is 21.8 Å². The minimum absolute atomic E-state index is 0. The van der Waals surface area contributed by atoms with Gasteiger partial charge in [0, 0.05) is 34.5 Å². The molecule has 0 amide bonds. The summed E-state index contributed by atoms with van der Waals surface area (Å²) in [5.74, 6) is 2.13. The average Bonchev–Trinajstić information content (AvgIpc) is 3.53. The van der Waals surface area contributed by atoms with Crippen molar-refractivity contribution < 1.29 is 25.2 Å². The second-order valence-corrected chi connectivity index (χ2v) is 13.9. The van der Waals surface area contributed by atoms with Crippen LogP contribution in [0, 0.1) is 39.8 Å². The number of aromatic nitrogens is 4. The molecule has 7 aromatic rings. The zero-order chi connectivity index (χ0) is 33.7. The van der Waals surface area contributed by atoms with Gasteiger partial charge in [0.2, 0.25) is 0 Å². The van der Waals surface area contributed by atoms with Gasteiger partial charge in [-0.25, -0.2) is 4.98 Å². The third-order valence-electron chi connectivity index (χ3n) is 9.30. The first-order valence-corrected chi connectivity index (χ1v) is 16.8. The molecule has 0 aliphatic carbocycles. The van der Waals surface area contributed by atoms with Gasteiger partial charge in [-0.05, 0) is 91.1 Å². The molecule has 0 N–H and O–H groups in total. The van der Waals surface area contributed by atoms with Crippen molar-refractivity contribution in [2.75, 3.05) is 0 Å². The van der Waals surface area contributed by atoms with Gasteiger partial charge in [0.1, 0.15) is 5.82 Å². The summed E-state index contributed by atoms with van der Waals surface area (Å²) in [6.45, 7) is 17.4. The Morgan fingerprint density at radius 2 is 1.53 bits per heavy atom. The average molecular weight is 737 g/mol. The first-order chi connectivity index (χ1) is 23.0. The summed E-state index contributed by atoms with van der Waals surface area (Å²) in [4.78, 5) is 4.80. The molecule has 0 radical (unpaired) electrons. The Bertz CT molecular complexity index is 2300. The van der Waals surface area contributed by atoms with Gasteiger partial charge in [-0.3, -0.25) is 4.68 Å². The first kappa shape index (κ1) is 34.4. The molecule has 5 nitrogen and oxygen atoms in total. The number of benzene rings is 4. The van der Waals surface area contributed by atoms with Crippen LogP contribution in [0.4, 0.5) is 0 Å². The fourth-order valence-corrected chi connectivity index (χ4v) is 6.90. The van der Waals surface area contributed by atoms with E-state index in [2.05, 4.69) is 145 Å². The summed E-state index contributed by atoms with van der Waals surface area (Å²) in [5, 5.41) is 7.32. The molecule has 0 bridgehead atoms. The molecule has 3 aromatic heterocycles. The maximum absolute atomic E-state index is 6.65. The summed E-state index contributed by atoms with van der Waals surface area (Å²) in [6, 6.07) is 34.8. The number of hydrogen-bond acceptors (Lipinski definition) is 3. The summed E-state index contributed by atoms with van der Waals surface area (Å²) in [7, 11) is 0. The van der Waals surface area contributed by atoms with E-state index in [-0.39, 0.29) is 25.8 Å². The Morgan fingerprint density at radius 3 is 2.27 bits per heavy atom. The molecule has 3 heterocycles. The molecule has 0 atom stereocenters. The molecular weight excluding hydrogens is 695 g/mol. The largest absolute Gasteiger partial charge is 2.00 e. The number of rotatable bonds is 7. The van der Waals surface area contributed by atoms with E-state index in [9.17, 15) is 0 Å². The van der Waals surface area contributed by atoms with Crippen LogP contribution in [0.15, 0.2) is 85.1 Å². The van der Waals surface area contributed by atoms with Gasteiger partial charge in [-0.15, -0.1) is 41.3 Å². The van der Waals surface area contributed by atoms with Gasteiger partial charge in [0.15, 0.2) is 0 Å².